The van der Waals surface area contributed by atoms with Crippen molar-refractivity contribution in [3.8, 4) is 11.5 Å². The van der Waals surface area contributed by atoms with Gasteiger partial charge in [-0.1, -0.05) is 59.6 Å². The first-order valence-electron chi connectivity index (χ1n) is 12.9. The zero-order valence-corrected chi connectivity index (χ0v) is 24.6. The third kappa shape index (κ3) is 6.78. The van der Waals surface area contributed by atoms with Crippen LogP contribution in [0.25, 0.3) is 10.9 Å². The summed E-state index contributed by atoms with van der Waals surface area (Å²) >= 11 is 9.48. The number of benzene rings is 3. The van der Waals surface area contributed by atoms with Crippen LogP contribution in [0.4, 0.5) is 0 Å². The van der Waals surface area contributed by atoms with E-state index < -0.39 is 0 Å². The van der Waals surface area contributed by atoms with Crippen LogP contribution in [0, 0.1) is 0 Å². The van der Waals surface area contributed by atoms with Gasteiger partial charge in [0.15, 0.2) is 11.5 Å². The second kappa shape index (κ2) is 13.1. The van der Waals surface area contributed by atoms with Crippen LogP contribution in [0.3, 0.4) is 0 Å². The summed E-state index contributed by atoms with van der Waals surface area (Å²) in [5.74, 6) is 1.91. The summed E-state index contributed by atoms with van der Waals surface area (Å²) in [7, 11) is 0. The van der Waals surface area contributed by atoms with Gasteiger partial charge in [-0.05, 0) is 73.4 Å². The Bertz CT molecular complexity index is 1560. The van der Waals surface area contributed by atoms with Crippen molar-refractivity contribution in [1.29, 1.82) is 0 Å². The lowest BCUT2D eigenvalue weighted by molar-refractivity contribution is 0.267. The molecule has 1 aromatic heterocycles. The molecule has 0 aliphatic heterocycles. The Kier molecular flexibility index (Phi) is 9.59. The maximum Gasteiger partial charge on any atom is 0.282 e. The van der Waals surface area contributed by atoms with Gasteiger partial charge in [0.2, 0.25) is 0 Å². The predicted octanol–water partition coefficient (Wildman–Crippen LogP) is 7.91. The van der Waals surface area contributed by atoms with E-state index in [1.807, 2.05) is 68.5 Å². The highest BCUT2D eigenvalue weighted by Crippen LogP contribution is 2.34. The quantitative estimate of drug-likeness (QED) is 0.128. The average Bonchev–Trinajstić information content (AvgIpc) is 2.93. The third-order valence-corrected chi connectivity index (χ3v) is 7.07. The van der Waals surface area contributed by atoms with Crippen LogP contribution in [-0.4, -0.2) is 22.5 Å². The highest BCUT2D eigenvalue weighted by Gasteiger charge is 2.17. The summed E-state index contributed by atoms with van der Waals surface area (Å²) in [6.07, 6.45) is 4.87. The SMILES string of the molecule is C=CCc1cc(C=Nn2c([C@@H](C)CC)nc3ccc(Br)cc3c2=O)cc(OCC)c1OCc1ccc(Cl)cc1. The van der Waals surface area contributed by atoms with Gasteiger partial charge in [0.25, 0.3) is 5.56 Å². The number of allylic oxidation sites excluding steroid dienone is 1. The van der Waals surface area contributed by atoms with Crippen LogP contribution in [0.15, 0.2) is 81.6 Å². The van der Waals surface area contributed by atoms with E-state index in [9.17, 15) is 4.79 Å². The van der Waals surface area contributed by atoms with Gasteiger partial charge < -0.3 is 9.47 Å². The van der Waals surface area contributed by atoms with E-state index in [0.29, 0.717) is 52.9 Å². The molecule has 0 N–H and O–H groups in total. The molecule has 0 aliphatic rings. The van der Waals surface area contributed by atoms with Crippen molar-refractivity contribution in [3.63, 3.8) is 0 Å². The maximum absolute atomic E-state index is 13.5. The molecule has 0 bridgehead atoms. The number of aromatic nitrogens is 2. The van der Waals surface area contributed by atoms with E-state index in [4.69, 9.17) is 26.1 Å². The fourth-order valence-corrected chi connectivity index (χ4v) is 4.62. The minimum absolute atomic E-state index is 0.0434. The van der Waals surface area contributed by atoms with E-state index in [1.165, 1.54) is 4.68 Å². The lowest BCUT2D eigenvalue weighted by Crippen LogP contribution is -2.23. The van der Waals surface area contributed by atoms with Crippen LogP contribution in [0.1, 0.15) is 55.6 Å². The Hall–Kier alpha value is -3.42. The van der Waals surface area contributed by atoms with Gasteiger partial charge in [-0.3, -0.25) is 4.79 Å². The van der Waals surface area contributed by atoms with Crippen molar-refractivity contribution in [1.82, 2.24) is 9.66 Å². The smallest absolute Gasteiger partial charge is 0.282 e. The van der Waals surface area contributed by atoms with E-state index >= 15 is 0 Å². The Morgan fingerprint density at radius 3 is 2.59 bits per heavy atom. The van der Waals surface area contributed by atoms with E-state index in [2.05, 4.69) is 34.5 Å². The standard InChI is InChI=1S/C31H31BrClN3O3/c1-5-8-23-15-22(16-28(38-7-3)29(23)39-19-21-9-12-25(33)13-10-21)18-34-36-30(20(4)6-2)35-27-14-11-24(32)17-26(27)31(36)37/h5,9-18,20H,1,6-8,19H2,2-4H3/t20-/m0/s1. The average molecular weight is 609 g/mol. The first kappa shape index (κ1) is 28.6. The minimum atomic E-state index is -0.216. The zero-order valence-electron chi connectivity index (χ0n) is 22.3. The molecular formula is C31H31BrClN3O3. The molecule has 6 nitrogen and oxygen atoms in total. The van der Waals surface area contributed by atoms with Crippen LogP contribution in [-0.2, 0) is 13.0 Å². The number of halogens is 2. The van der Waals surface area contributed by atoms with E-state index in [0.717, 1.165) is 27.6 Å². The van der Waals surface area contributed by atoms with Crippen molar-refractivity contribution >= 4 is 44.6 Å². The number of nitrogens with zero attached hydrogens (tertiary/aromatic N) is 3. The van der Waals surface area contributed by atoms with E-state index in [1.54, 1.807) is 12.3 Å². The largest absolute Gasteiger partial charge is 0.490 e. The van der Waals surface area contributed by atoms with Gasteiger partial charge in [0, 0.05) is 21.0 Å². The molecule has 0 amide bonds. The highest BCUT2D eigenvalue weighted by molar-refractivity contribution is 9.10. The number of ether oxygens (including phenoxy) is 2. The summed E-state index contributed by atoms with van der Waals surface area (Å²) in [6.45, 7) is 10.8. The zero-order chi connectivity index (χ0) is 27.9. The molecule has 4 aromatic rings. The normalized spacial score (nSPS) is 12.1. The molecule has 0 radical (unpaired) electrons. The summed E-state index contributed by atoms with van der Waals surface area (Å²) in [4.78, 5) is 18.3. The number of rotatable bonds is 11. The second-order valence-corrected chi connectivity index (χ2v) is 10.5. The van der Waals surface area contributed by atoms with Gasteiger partial charge in [0.05, 0.1) is 23.7 Å². The molecule has 0 spiro atoms. The van der Waals surface area contributed by atoms with Crippen LogP contribution in [0.5, 0.6) is 11.5 Å². The number of hydrogen-bond acceptors (Lipinski definition) is 5. The first-order chi connectivity index (χ1) is 18.8. The molecule has 0 saturated carbocycles. The van der Waals surface area contributed by atoms with Crippen LogP contribution in [0.2, 0.25) is 5.02 Å². The lowest BCUT2D eigenvalue weighted by atomic mass is 10.1. The maximum atomic E-state index is 13.5. The van der Waals surface area contributed by atoms with Crippen molar-refractivity contribution in [2.24, 2.45) is 5.10 Å². The molecule has 0 unspecified atom stereocenters. The Labute approximate surface area is 242 Å². The molecule has 0 saturated heterocycles. The van der Waals surface area contributed by atoms with Gasteiger partial charge in [0.1, 0.15) is 12.4 Å². The summed E-state index contributed by atoms with van der Waals surface area (Å²) in [6, 6.07) is 16.9. The van der Waals surface area contributed by atoms with Crippen LogP contribution >= 0.6 is 27.5 Å². The minimum Gasteiger partial charge on any atom is -0.490 e. The van der Waals surface area contributed by atoms with Gasteiger partial charge in [-0.25, -0.2) is 4.98 Å². The summed E-state index contributed by atoms with van der Waals surface area (Å²) < 4.78 is 14.4. The molecule has 0 aliphatic carbocycles. The lowest BCUT2D eigenvalue weighted by Gasteiger charge is -2.17. The van der Waals surface area contributed by atoms with Crippen molar-refractivity contribution in [2.45, 2.75) is 46.1 Å². The van der Waals surface area contributed by atoms with Crippen molar-refractivity contribution < 1.29 is 9.47 Å². The molecule has 39 heavy (non-hydrogen) atoms. The van der Waals surface area contributed by atoms with Crippen molar-refractivity contribution in [2.75, 3.05) is 6.61 Å². The van der Waals surface area contributed by atoms with Gasteiger partial charge in [-0.15, -0.1) is 6.58 Å². The topological polar surface area (TPSA) is 65.7 Å². The van der Waals surface area contributed by atoms with Crippen molar-refractivity contribution in [3.05, 3.63) is 110 Å². The molecule has 4 rings (SSSR count). The fourth-order valence-electron chi connectivity index (χ4n) is 4.13. The van der Waals surface area contributed by atoms with E-state index in [-0.39, 0.29) is 11.5 Å². The number of fused-ring (bicyclic) bond motifs is 1. The molecule has 1 atom stereocenters. The van der Waals surface area contributed by atoms with Gasteiger partial charge >= 0.3 is 0 Å². The Morgan fingerprint density at radius 2 is 1.90 bits per heavy atom. The summed E-state index contributed by atoms with van der Waals surface area (Å²) in [5.41, 5.74) is 3.10. The number of hydrogen-bond donors (Lipinski definition) is 0. The molecule has 3 aromatic carbocycles. The molecule has 8 heteroatoms. The highest BCUT2D eigenvalue weighted by atomic mass is 79.9. The monoisotopic (exact) mass is 607 g/mol. The fraction of sp³-hybridized carbons (Fsp3) is 0.258. The molecule has 1 heterocycles. The molecular weight excluding hydrogens is 578 g/mol. The second-order valence-electron chi connectivity index (χ2n) is 9.15. The predicted molar refractivity (Wildman–Crippen MR) is 163 cm³/mol. The third-order valence-electron chi connectivity index (χ3n) is 6.32. The molecule has 0 fully saturated rings. The molecule has 202 valence electrons. The Balaban J connectivity index is 1.76. The first-order valence-corrected chi connectivity index (χ1v) is 14.1. The van der Waals surface area contributed by atoms with Gasteiger partial charge in [-0.2, -0.15) is 9.78 Å². The van der Waals surface area contributed by atoms with Crippen LogP contribution < -0.4 is 15.0 Å². The summed E-state index contributed by atoms with van der Waals surface area (Å²) in [5, 5.41) is 5.80. The Morgan fingerprint density at radius 1 is 1.13 bits per heavy atom.